The molecule has 8 aliphatic rings. The summed E-state index contributed by atoms with van der Waals surface area (Å²) in [6.45, 7) is 6.29. The quantitative estimate of drug-likeness (QED) is 0.0254. The number of rotatable bonds is 24. The zero-order valence-corrected chi connectivity index (χ0v) is 81.8. The number of ether oxygens (including phenoxy) is 4. The third kappa shape index (κ3) is 21.7. The van der Waals surface area contributed by atoms with Crippen LogP contribution in [0.1, 0.15) is 113 Å². The Hall–Kier alpha value is -9.91. The van der Waals surface area contributed by atoms with Gasteiger partial charge in [-0.05, 0) is 62.4 Å². The SMILES string of the molecule is CCN([C@H]1CC2=C(C(=O)OC)[C@H](c3ccc(F)cc3Cl)N=C(c3nccs3)N2C1)S(C)(=O)=O.COC(=O)C1=C2C[C@H](N(C(C)C)S(C)(=O)=O)CN2C(c2nccs2)=N[C@H]1c1ccc(F)cc1Cl.COC(=O)C1=C2C[C@H](N(CC#N)S(C)(=O)=O)CN2C(c2nccs2)=N[C@H]1c1ccc(F)cc1Cl.COC(=O)C1=C2C[C@H](NS(=O)(=O)OC)CN2C(c2nccs2)=N[C@H]1c1ccc(F)cc1Cl. The summed E-state index contributed by atoms with van der Waals surface area (Å²) >= 11 is 30.8. The van der Waals surface area contributed by atoms with Gasteiger partial charge < -0.3 is 38.5 Å². The van der Waals surface area contributed by atoms with Crippen molar-refractivity contribution in [3.05, 3.63) is 250 Å². The first-order valence-corrected chi connectivity index (χ1v) is 52.0. The number of sulfonamides is 3. The van der Waals surface area contributed by atoms with Gasteiger partial charge in [-0.1, -0.05) is 77.6 Å². The maximum Gasteiger partial charge on any atom is 0.338 e. The number of carbonyl (C=O) groups excluding carboxylic acids is 4. The maximum absolute atomic E-state index is 13.8. The summed E-state index contributed by atoms with van der Waals surface area (Å²) < 4.78 is 185. The molecule has 0 radical (unpaired) electrons. The molecule has 8 aromatic rings. The minimum absolute atomic E-state index is 0.0829. The van der Waals surface area contributed by atoms with Crippen molar-refractivity contribution in [3.63, 3.8) is 0 Å². The summed E-state index contributed by atoms with van der Waals surface area (Å²) in [6, 6.07) is 11.5. The second-order valence-corrected chi connectivity index (χ2v) is 43.1. The Labute approximate surface area is 799 Å². The molecule has 1 N–H and O–H groups in total. The van der Waals surface area contributed by atoms with Gasteiger partial charge in [0.05, 0.1) is 82.7 Å². The molecule has 4 saturated heterocycles. The minimum Gasteiger partial charge on any atom is -0.466 e. The predicted molar refractivity (Wildman–Crippen MR) is 493 cm³/mol. The van der Waals surface area contributed by atoms with Crippen molar-refractivity contribution in [1.82, 2.24) is 57.2 Å². The molecule has 0 amide bonds. The molecule has 706 valence electrons. The van der Waals surface area contributed by atoms with E-state index < -0.39 is 136 Å². The van der Waals surface area contributed by atoms with Crippen LogP contribution in [0.5, 0.6) is 0 Å². The maximum atomic E-state index is 13.8. The van der Waals surface area contributed by atoms with Gasteiger partial charge in [-0.15, -0.1) is 45.3 Å². The van der Waals surface area contributed by atoms with Crippen molar-refractivity contribution in [3.8, 4) is 6.07 Å². The monoisotopic (exact) mass is 2060 g/mol. The Balaban J connectivity index is 0.000000151. The number of hydrogen-bond acceptors (Lipinski definition) is 34. The highest BCUT2D eigenvalue weighted by molar-refractivity contribution is 7.89. The normalized spacial score (nSPS) is 20.6. The van der Waals surface area contributed by atoms with E-state index in [1.54, 1.807) is 63.0 Å². The van der Waals surface area contributed by atoms with Crippen LogP contribution in [0.4, 0.5) is 17.6 Å². The predicted octanol–water partition coefficient (Wildman–Crippen LogP) is 12.0. The first-order chi connectivity index (χ1) is 63.1. The molecule has 0 aliphatic carbocycles. The minimum atomic E-state index is -3.97. The molecule has 12 heterocycles. The number of amidine groups is 4. The Bertz CT molecular complexity index is 6650. The van der Waals surface area contributed by atoms with Crippen molar-refractivity contribution in [2.45, 2.75) is 101 Å². The average Bonchev–Trinajstić information content (AvgIpc) is 1.63. The Morgan fingerprint density at radius 2 is 0.744 bits per heavy atom. The topological polar surface area (TPSA) is 410 Å². The molecule has 34 nitrogen and oxygen atoms in total. The number of likely N-dealkylation sites (N-methyl/N-ethyl adjacent to an activating group) is 1. The van der Waals surface area contributed by atoms with E-state index in [1.807, 2.05) is 29.7 Å². The van der Waals surface area contributed by atoms with Crippen LogP contribution in [0.15, 0.2) is 184 Å². The standard InChI is InChI=1S/C22H24ClFN4O4S2.C21H19ClFN5O4S2.C21H22ClFN4O4S2.C19H18ClFN4O5S2/c1-12(2)28(34(4,30)31)14-10-17-18(22(29)32-3)19(15-6-5-13(24)9-16(15)23)26-20(27(17)11-14)21-25-7-8-33-21;1-32-21(29)17-16-10-13(28(7-5-24)34(2,30)31)11-27(16)19(20-25-6-8-33-20)26-18(17)14-4-3-12(23)9-15(14)22;1-4-27(33(3,29)30)13-10-16-17(21(28)31-2)18(14-6-5-12(23)9-15(14)22)25-19(26(16)11-13)20-24-7-8-32-20;1-29-19(26)15-14-8-11(24-32(27,28)30-2)9-25(14)17(18-22-5-6-31-18)23-16(15)12-4-3-10(21)7-13(12)20/h5-9,12,14,19H,10-11H2,1-4H3;3-4,6,8-9,13,18H,7,10-11H2,1-2H3;5-9,13,18H,4,10-11H2,1-3H3;3-7,11,16,24H,8-9H2,1-2H3/t14-,19-;2*13-,18-;11-,16-/m0000/s1. The molecule has 0 spiro atoms. The van der Waals surface area contributed by atoms with Crippen LogP contribution < -0.4 is 4.72 Å². The van der Waals surface area contributed by atoms with Crippen LogP contribution >= 0.6 is 91.8 Å². The summed E-state index contributed by atoms with van der Waals surface area (Å²) in [6.07, 6.45) is 10.8. The summed E-state index contributed by atoms with van der Waals surface area (Å²) in [4.78, 5) is 95.6. The smallest absolute Gasteiger partial charge is 0.338 e. The van der Waals surface area contributed by atoms with E-state index in [9.17, 15) is 75.7 Å². The van der Waals surface area contributed by atoms with Crippen LogP contribution in [-0.4, -0.2) is 257 Å². The fourth-order valence-corrected chi connectivity index (χ4v) is 24.8. The highest BCUT2D eigenvalue weighted by Crippen LogP contribution is 2.50. The first kappa shape index (κ1) is 101. The number of thiazole rings is 4. The molecular formula is C83H83Cl4F4N17O17S8. The highest BCUT2D eigenvalue weighted by Gasteiger charge is 2.51. The lowest BCUT2D eigenvalue weighted by Gasteiger charge is -2.32. The van der Waals surface area contributed by atoms with E-state index in [4.69, 9.17) is 85.3 Å². The van der Waals surface area contributed by atoms with Crippen molar-refractivity contribution in [2.75, 3.05) is 93.6 Å². The van der Waals surface area contributed by atoms with Gasteiger partial charge in [0.1, 0.15) is 54.0 Å². The third-order valence-electron chi connectivity index (χ3n) is 22.1. The van der Waals surface area contributed by atoms with Crippen LogP contribution in [0, 0.1) is 34.6 Å². The second kappa shape index (κ2) is 41.7. The fraction of sp³-hybridized carbons (Fsp3) is 0.361. The zero-order valence-electron chi connectivity index (χ0n) is 72.2. The van der Waals surface area contributed by atoms with E-state index in [1.165, 1.54) is 156 Å². The van der Waals surface area contributed by atoms with Gasteiger partial charge in [-0.3, -0.25) is 24.2 Å². The number of esters is 4. The lowest BCUT2D eigenvalue weighted by molar-refractivity contribution is -0.137. The molecule has 0 unspecified atom stereocenters. The molecule has 8 aliphatic heterocycles. The molecule has 50 heteroatoms. The van der Waals surface area contributed by atoms with Gasteiger partial charge in [0.25, 0.3) is 0 Å². The van der Waals surface area contributed by atoms with Crippen LogP contribution in [0.3, 0.4) is 0 Å². The molecule has 4 fully saturated rings. The van der Waals surface area contributed by atoms with Crippen LogP contribution in [-0.2, 0) is 82.7 Å². The number of aliphatic imine (C=N–C) groups is 4. The number of methoxy groups -OCH3 is 4. The van der Waals surface area contributed by atoms with Gasteiger partial charge in [0.2, 0.25) is 30.1 Å². The molecule has 8 atom stereocenters. The summed E-state index contributed by atoms with van der Waals surface area (Å²) in [5.41, 5.74) is 4.76. The van der Waals surface area contributed by atoms with Gasteiger partial charge in [0, 0.05) is 200 Å². The van der Waals surface area contributed by atoms with Crippen LogP contribution in [0.25, 0.3) is 0 Å². The number of fused-ring (bicyclic) bond motifs is 4. The van der Waals surface area contributed by atoms with Crippen molar-refractivity contribution in [1.29, 1.82) is 5.26 Å². The molecule has 4 aromatic carbocycles. The molecule has 16 rings (SSSR count). The number of halogens is 8. The zero-order chi connectivity index (χ0) is 96.4. The lowest BCUT2D eigenvalue weighted by atomic mass is 9.94. The van der Waals surface area contributed by atoms with Crippen molar-refractivity contribution < 1.29 is 93.5 Å². The highest BCUT2D eigenvalue weighted by atomic mass is 35.5. The van der Waals surface area contributed by atoms with Crippen LogP contribution in [0.2, 0.25) is 20.1 Å². The van der Waals surface area contributed by atoms with E-state index in [2.05, 4.69) is 28.8 Å². The summed E-state index contributed by atoms with van der Waals surface area (Å²) in [7, 11) is -8.63. The summed E-state index contributed by atoms with van der Waals surface area (Å²) in [5, 5.41) is 19.1. The Morgan fingerprint density at radius 3 is 0.992 bits per heavy atom. The van der Waals surface area contributed by atoms with E-state index in [0.29, 0.717) is 102 Å². The molecule has 133 heavy (non-hydrogen) atoms. The fourth-order valence-electron chi connectivity index (χ4n) is 16.9. The van der Waals surface area contributed by atoms with Gasteiger partial charge in [0.15, 0.2) is 43.4 Å². The number of nitrogens with one attached hydrogen (secondary N) is 1. The first-order valence-electron chi connectivity index (χ1n) is 40.0. The van der Waals surface area contributed by atoms with Gasteiger partial charge in [-0.25, -0.2) is 81.9 Å². The average molecular weight is 2070 g/mol. The molecule has 0 bridgehead atoms. The summed E-state index contributed by atoms with van der Waals surface area (Å²) in [5.74, 6) is -2.72. The third-order valence-corrected chi connectivity index (χ3v) is 31.7. The Kier molecular flexibility index (Phi) is 31.6. The molecular weight excluding hydrogens is 1980 g/mol. The van der Waals surface area contributed by atoms with Crippen molar-refractivity contribution in [2.24, 2.45) is 20.0 Å². The number of carbonyl (C=O) groups is 4. The van der Waals surface area contributed by atoms with E-state index in [-0.39, 0.29) is 100 Å². The van der Waals surface area contributed by atoms with E-state index >= 15 is 0 Å². The van der Waals surface area contributed by atoms with Crippen molar-refractivity contribution >= 4 is 179 Å². The van der Waals surface area contributed by atoms with Gasteiger partial charge in [-0.2, -0.15) is 31.3 Å². The van der Waals surface area contributed by atoms with Gasteiger partial charge >= 0.3 is 34.2 Å². The lowest BCUT2D eigenvalue weighted by Crippen LogP contribution is -2.46. The van der Waals surface area contributed by atoms with E-state index in [0.717, 1.165) is 29.8 Å². The number of hydrogen-bond donors (Lipinski definition) is 1. The second-order valence-electron chi connectivity index (χ2n) is 30.6. The molecule has 0 saturated carbocycles. The molecule has 4 aromatic heterocycles. The number of aromatic nitrogens is 4. The Morgan fingerprint density at radius 1 is 0.459 bits per heavy atom. The largest absolute Gasteiger partial charge is 0.466 e. The number of nitriles is 1. The number of benzene rings is 4. The number of nitrogens with zero attached hydrogens (tertiary/aromatic N) is 16.